The maximum atomic E-state index is 5.70. The Morgan fingerprint density at radius 1 is 1.00 bits per heavy atom. The second-order valence-corrected chi connectivity index (χ2v) is 6.11. The first kappa shape index (κ1) is 13.0. The Morgan fingerprint density at radius 2 is 1.50 bits per heavy atom. The van der Waals surface area contributed by atoms with Gasteiger partial charge in [-0.25, -0.2) is 0 Å². The molecular weight excluding hydrogens is 196 g/mol. The van der Waals surface area contributed by atoms with Crippen LogP contribution in [0.5, 0.6) is 0 Å². The number of hydrogen-bond donors (Lipinski definition) is 2. The van der Waals surface area contributed by atoms with Crippen molar-refractivity contribution in [1.29, 1.82) is 0 Å². The molecule has 2 nitrogen and oxygen atoms in total. The Morgan fingerprint density at radius 3 is 1.94 bits per heavy atom. The molecule has 0 saturated carbocycles. The lowest BCUT2D eigenvalue weighted by Crippen LogP contribution is -2.43. The molecule has 0 aliphatic rings. The van der Waals surface area contributed by atoms with Gasteiger partial charge in [0.05, 0.1) is 0 Å². The lowest BCUT2D eigenvalue weighted by molar-refractivity contribution is 0.363. The third-order valence-electron chi connectivity index (χ3n) is 2.75. The molecule has 0 saturated heterocycles. The summed E-state index contributed by atoms with van der Waals surface area (Å²) in [6.45, 7) is 12.0. The van der Waals surface area contributed by atoms with Crippen molar-refractivity contribution in [3.05, 3.63) is 29.8 Å². The average molecular weight is 220 g/mol. The van der Waals surface area contributed by atoms with Gasteiger partial charge in [0, 0.05) is 23.2 Å². The Kier molecular flexibility index (Phi) is 3.64. The lowest BCUT2D eigenvalue weighted by Gasteiger charge is -2.31. The van der Waals surface area contributed by atoms with Gasteiger partial charge in [0.1, 0.15) is 0 Å². The summed E-state index contributed by atoms with van der Waals surface area (Å²) in [5.74, 6) is 0. The summed E-state index contributed by atoms with van der Waals surface area (Å²) in [6, 6.07) is 8.15. The van der Waals surface area contributed by atoms with Gasteiger partial charge in [-0.1, -0.05) is 26.0 Å². The molecule has 0 bridgehead atoms. The predicted molar refractivity (Wildman–Crippen MR) is 71.6 cm³/mol. The Bertz CT molecular complexity index is 331. The molecule has 0 aliphatic carbocycles. The van der Waals surface area contributed by atoms with E-state index < -0.39 is 0 Å². The third-order valence-corrected chi connectivity index (χ3v) is 2.75. The molecule has 0 amide bonds. The van der Waals surface area contributed by atoms with E-state index in [0.717, 1.165) is 12.2 Å². The van der Waals surface area contributed by atoms with Crippen molar-refractivity contribution in [3.8, 4) is 0 Å². The number of anilines is 1. The molecular formula is C14H24N2. The maximum Gasteiger partial charge on any atom is 0.0314 e. The fourth-order valence-electron chi connectivity index (χ4n) is 1.52. The zero-order chi connectivity index (χ0) is 12.4. The van der Waals surface area contributed by atoms with E-state index in [1.807, 2.05) is 12.1 Å². The Hall–Kier alpha value is -1.02. The summed E-state index contributed by atoms with van der Waals surface area (Å²) in [6.07, 6.45) is 0. The average Bonchev–Trinajstić information content (AvgIpc) is 2.15. The monoisotopic (exact) mass is 220 g/mol. The third kappa shape index (κ3) is 3.86. The number of benzene rings is 1. The van der Waals surface area contributed by atoms with Gasteiger partial charge in [0.2, 0.25) is 0 Å². The van der Waals surface area contributed by atoms with Crippen molar-refractivity contribution >= 4 is 5.69 Å². The number of nitrogen functional groups attached to an aromatic ring is 1. The molecule has 1 rings (SSSR count). The van der Waals surface area contributed by atoms with Crippen LogP contribution in [0.1, 0.15) is 40.2 Å². The molecule has 0 aliphatic heterocycles. The van der Waals surface area contributed by atoms with E-state index in [1.165, 1.54) is 5.56 Å². The van der Waals surface area contributed by atoms with E-state index in [4.69, 9.17) is 5.73 Å². The van der Waals surface area contributed by atoms with E-state index in [1.54, 1.807) is 0 Å². The number of hydrogen-bond acceptors (Lipinski definition) is 2. The number of nitrogens with two attached hydrogens (primary N) is 1. The molecule has 1 aromatic carbocycles. The molecule has 0 heterocycles. The van der Waals surface area contributed by atoms with Gasteiger partial charge >= 0.3 is 0 Å². The van der Waals surface area contributed by atoms with Crippen molar-refractivity contribution in [2.75, 3.05) is 12.3 Å². The molecule has 0 unspecified atom stereocenters. The van der Waals surface area contributed by atoms with Crippen LogP contribution in [0.3, 0.4) is 0 Å². The lowest BCUT2D eigenvalue weighted by atomic mass is 9.84. The second-order valence-electron chi connectivity index (χ2n) is 6.11. The summed E-state index contributed by atoms with van der Waals surface area (Å²) in [4.78, 5) is 0. The largest absolute Gasteiger partial charge is 0.399 e. The highest BCUT2D eigenvalue weighted by Crippen LogP contribution is 2.23. The molecule has 0 atom stereocenters. The molecule has 90 valence electrons. The van der Waals surface area contributed by atoms with Crippen LogP contribution in [0, 0.1) is 0 Å². The fourth-order valence-corrected chi connectivity index (χ4v) is 1.52. The van der Waals surface area contributed by atoms with Gasteiger partial charge in [-0.3, -0.25) is 0 Å². The summed E-state index contributed by atoms with van der Waals surface area (Å²) in [7, 11) is 0. The maximum absolute atomic E-state index is 5.70. The first-order valence-corrected chi connectivity index (χ1v) is 5.82. The zero-order valence-electron chi connectivity index (χ0n) is 11.1. The van der Waals surface area contributed by atoms with Gasteiger partial charge in [-0.2, -0.15) is 0 Å². The summed E-state index contributed by atoms with van der Waals surface area (Å²) >= 11 is 0. The molecule has 0 spiro atoms. The van der Waals surface area contributed by atoms with Crippen LogP contribution < -0.4 is 11.1 Å². The fraction of sp³-hybridized carbons (Fsp3) is 0.571. The minimum Gasteiger partial charge on any atom is -0.399 e. The van der Waals surface area contributed by atoms with E-state index in [-0.39, 0.29) is 11.0 Å². The van der Waals surface area contributed by atoms with Crippen molar-refractivity contribution in [2.24, 2.45) is 0 Å². The number of nitrogens with one attached hydrogen (secondary N) is 1. The minimum atomic E-state index is 0.126. The van der Waals surface area contributed by atoms with E-state index in [9.17, 15) is 0 Å². The highest BCUT2D eigenvalue weighted by Gasteiger charge is 2.22. The van der Waals surface area contributed by atoms with Gasteiger partial charge in [0.25, 0.3) is 0 Å². The van der Waals surface area contributed by atoms with Crippen LogP contribution in [-0.2, 0) is 5.41 Å². The summed E-state index contributed by atoms with van der Waals surface area (Å²) in [5.41, 5.74) is 8.12. The van der Waals surface area contributed by atoms with Crippen molar-refractivity contribution in [2.45, 2.75) is 45.6 Å². The van der Waals surface area contributed by atoms with Crippen molar-refractivity contribution in [1.82, 2.24) is 5.32 Å². The first-order chi connectivity index (χ1) is 7.21. The SMILES string of the molecule is CC(C)(C)NCC(C)(C)c1ccc(N)cc1. The van der Waals surface area contributed by atoms with Crippen LogP contribution in [-0.4, -0.2) is 12.1 Å². The smallest absolute Gasteiger partial charge is 0.0314 e. The van der Waals surface area contributed by atoms with Crippen molar-refractivity contribution < 1.29 is 0 Å². The number of rotatable bonds is 3. The molecule has 2 heteroatoms. The predicted octanol–water partition coefficient (Wildman–Crippen LogP) is 2.93. The zero-order valence-corrected chi connectivity index (χ0v) is 11.1. The molecule has 1 aromatic rings. The molecule has 0 aromatic heterocycles. The quantitative estimate of drug-likeness (QED) is 0.769. The van der Waals surface area contributed by atoms with Crippen LogP contribution >= 0.6 is 0 Å². The Balaban J connectivity index is 2.73. The highest BCUT2D eigenvalue weighted by atomic mass is 15.0. The van der Waals surface area contributed by atoms with Crippen LogP contribution in [0.25, 0.3) is 0 Å². The summed E-state index contributed by atoms with van der Waals surface area (Å²) < 4.78 is 0. The van der Waals surface area contributed by atoms with Gasteiger partial charge < -0.3 is 11.1 Å². The normalized spacial score (nSPS) is 12.8. The van der Waals surface area contributed by atoms with Crippen LogP contribution in [0.15, 0.2) is 24.3 Å². The Labute approximate surface area is 99.2 Å². The first-order valence-electron chi connectivity index (χ1n) is 5.82. The van der Waals surface area contributed by atoms with E-state index >= 15 is 0 Å². The highest BCUT2D eigenvalue weighted by molar-refractivity contribution is 5.41. The molecule has 16 heavy (non-hydrogen) atoms. The topological polar surface area (TPSA) is 38.0 Å². The molecule has 3 N–H and O–H groups in total. The van der Waals surface area contributed by atoms with E-state index in [2.05, 4.69) is 52.1 Å². The molecule has 0 radical (unpaired) electrons. The van der Waals surface area contributed by atoms with E-state index in [0.29, 0.717) is 0 Å². The van der Waals surface area contributed by atoms with Crippen LogP contribution in [0.2, 0.25) is 0 Å². The second kappa shape index (κ2) is 4.46. The van der Waals surface area contributed by atoms with Gasteiger partial charge in [0.15, 0.2) is 0 Å². The molecule has 0 fully saturated rings. The van der Waals surface area contributed by atoms with Gasteiger partial charge in [-0.05, 0) is 38.5 Å². The minimum absolute atomic E-state index is 0.126. The standard InChI is InChI=1S/C14H24N2/c1-13(2,3)16-10-14(4,5)11-6-8-12(15)9-7-11/h6-9,16H,10,15H2,1-5H3. The van der Waals surface area contributed by atoms with Crippen molar-refractivity contribution in [3.63, 3.8) is 0 Å². The van der Waals surface area contributed by atoms with Crippen LogP contribution in [0.4, 0.5) is 5.69 Å². The van der Waals surface area contributed by atoms with Gasteiger partial charge in [-0.15, -0.1) is 0 Å². The summed E-state index contributed by atoms with van der Waals surface area (Å²) in [5, 5.41) is 3.54.